The maximum atomic E-state index is 9.18. The zero-order valence-electron chi connectivity index (χ0n) is 7.51. The first-order valence-electron chi connectivity index (χ1n) is 4.22. The summed E-state index contributed by atoms with van der Waals surface area (Å²) in [6.45, 7) is 1.53. The Balaban J connectivity index is 2.40. The molecule has 0 atom stereocenters. The highest BCUT2D eigenvalue weighted by Gasteiger charge is 2.11. The van der Waals surface area contributed by atoms with Crippen LogP contribution in [0.15, 0.2) is 18.2 Å². The van der Waals surface area contributed by atoms with E-state index >= 15 is 0 Å². The second-order valence-corrected chi connectivity index (χ2v) is 3.05. The molecule has 14 heavy (non-hydrogen) atoms. The number of nitrogens with zero attached hydrogens (tertiary/aromatic N) is 3. The Morgan fingerprint density at radius 3 is 2.64 bits per heavy atom. The van der Waals surface area contributed by atoms with Gasteiger partial charge in [0.2, 0.25) is 0 Å². The molecule has 1 aromatic rings. The van der Waals surface area contributed by atoms with Crippen molar-refractivity contribution in [3.05, 3.63) is 23.8 Å². The van der Waals surface area contributed by atoms with E-state index in [2.05, 4.69) is 4.98 Å². The normalized spacial score (nSPS) is 15.0. The van der Waals surface area contributed by atoms with E-state index in [9.17, 15) is 5.21 Å². The van der Waals surface area contributed by atoms with Gasteiger partial charge in [0.1, 0.15) is 11.6 Å². The summed E-state index contributed by atoms with van der Waals surface area (Å²) in [5.41, 5.74) is 5.24. The molecule has 0 amide bonds. The Hall–Kier alpha value is -1.98. The van der Waals surface area contributed by atoms with Gasteiger partial charge in [-0.05, 0) is 0 Å². The third kappa shape index (κ3) is 1.30. The second kappa shape index (κ2) is 3.06. The lowest BCUT2D eigenvalue weighted by Crippen LogP contribution is -2.29. The molecule has 0 spiro atoms. The highest BCUT2D eigenvalue weighted by atomic mass is 16.5. The van der Waals surface area contributed by atoms with E-state index in [1.807, 2.05) is 17.1 Å². The van der Waals surface area contributed by atoms with Crippen LogP contribution in [-0.4, -0.2) is 28.0 Å². The first-order chi connectivity index (χ1) is 6.68. The van der Waals surface area contributed by atoms with Crippen molar-refractivity contribution in [3.63, 3.8) is 0 Å². The Kier molecular flexibility index (Phi) is 1.88. The molecule has 4 N–H and O–H groups in total. The largest absolute Gasteiger partial charge is 0.423 e. The summed E-state index contributed by atoms with van der Waals surface area (Å²) in [4.78, 5) is 5.85. The highest BCUT2D eigenvalue weighted by molar-refractivity contribution is 5.48. The van der Waals surface area contributed by atoms with E-state index in [0.717, 1.165) is 13.1 Å². The standard InChI is InChI=1S/C8H11N5O/c9-6-5-7(11-8(10)13(6)14)12-3-1-2-4-12/h1-2,5,10,14H,3-4,9H2. The number of aromatic nitrogens is 2. The molecule has 2 heterocycles. The van der Waals surface area contributed by atoms with Crippen LogP contribution in [0, 0.1) is 5.41 Å². The molecule has 0 aromatic carbocycles. The summed E-state index contributed by atoms with van der Waals surface area (Å²) in [6.07, 6.45) is 4.03. The highest BCUT2D eigenvalue weighted by Crippen LogP contribution is 2.13. The van der Waals surface area contributed by atoms with E-state index in [-0.39, 0.29) is 11.4 Å². The Morgan fingerprint density at radius 2 is 2.07 bits per heavy atom. The van der Waals surface area contributed by atoms with Crippen molar-refractivity contribution >= 4 is 11.6 Å². The molecule has 0 saturated heterocycles. The maximum Gasteiger partial charge on any atom is 0.259 e. The van der Waals surface area contributed by atoms with Crippen LogP contribution >= 0.6 is 0 Å². The first-order valence-corrected chi connectivity index (χ1v) is 4.22. The van der Waals surface area contributed by atoms with Gasteiger partial charge in [0.15, 0.2) is 0 Å². The topological polar surface area (TPSA) is 91.2 Å². The minimum atomic E-state index is -0.257. The monoisotopic (exact) mass is 193 g/mol. The van der Waals surface area contributed by atoms with Crippen molar-refractivity contribution in [1.29, 1.82) is 5.41 Å². The van der Waals surface area contributed by atoms with Crippen LogP contribution < -0.4 is 16.3 Å². The summed E-state index contributed by atoms with van der Waals surface area (Å²) in [7, 11) is 0. The fourth-order valence-electron chi connectivity index (χ4n) is 1.33. The molecule has 6 nitrogen and oxygen atoms in total. The molecule has 0 unspecified atom stereocenters. The predicted molar refractivity (Wildman–Crippen MR) is 51.0 cm³/mol. The van der Waals surface area contributed by atoms with E-state index in [0.29, 0.717) is 10.5 Å². The van der Waals surface area contributed by atoms with E-state index in [4.69, 9.17) is 11.1 Å². The fourth-order valence-corrected chi connectivity index (χ4v) is 1.33. The molecule has 1 aliphatic heterocycles. The van der Waals surface area contributed by atoms with E-state index in [1.54, 1.807) is 6.07 Å². The van der Waals surface area contributed by atoms with Gasteiger partial charge in [0.25, 0.3) is 5.62 Å². The number of anilines is 2. The van der Waals surface area contributed by atoms with Crippen molar-refractivity contribution in [2.75, 3.05) is 23.7 Å². The molecule has 1 aliphatic rings. The lowest BCUT2D eigenvalue weighted by Gasteiger charge is -2.16. The summed E-state index contributed by atoms with van der Waals surface area (Å²) in [5.74, 6) is 0.731. The molecular weight excluding hydrogens is 182 g/mol. The molecule has 1 aromatic heterocycles. The molecule has 74 valence electrons. The second-order valence-electron chi connectivity index (χ2n) is 3.05. The third-order valence-electron chi connectivity index (χ3n) is 2.08. The lowest BCUT2D eigenvalue weighted by molar-refractivity contribution is 0.171. The maximum absolute atomic E-state index is 9.18. The molecular formula is C8H11N5O. The first kappa shape index (κ1) is 8.61. The molecule has 0 fully saturated rings. The Bertz CT molecular complexity index is 428. The van der Waals surface area contributed by atoms with Crippen LogP contribution in [0.2, 0.25) is 0 Å². The number of nitrogens with one attached hydrogen (secondary N) is 1. The quantitative estimate of drug-likeness (QED) is 0.416. The Morgan fingerprint density at radius 1 is 1.43 bits per heavy atom. The number of rotatable bonds is 1. The van der Waals surface area contributed by atoms with Gasteiger partial charge < -0.3 is 15.8 Å². The van der Waals surface area contributed by atoms with Crippen LogP contribution in [0.1, 0.15) is 0 Å². The molecule has 2 rings (SSSR count). The smallest absolute Gasteiger partial charge is 0.259 e. The summed E-state index contributed by atoms with van der Waals surface area (Å²) < 4.78 is 0.549. The Labute approximate surface area is 80.4 Å². The number of hydrogen-bond acceptors (Lipinski definition) is 5. The average Bonchev–Trinajstić information content (AvgIpc) is 2.66. The van der Waals surface area contributed by atoms with Gasteiger partial charge in [-0.15, -0.1) is 4.73 Å². The molecule has 0 bridgehead atoms. The van der Waals surface area contributed by atoms with Gasteiger partial charge >= 0.3 is 0 Å². The molecule has 0 aliphatic carbocycles. The zero-order chi connectivity index (χ0) is 10.1. The summed E-state index contributed by atoms with van der Waals surface area (Å²) >= 11 is 0. The minimum absolute atomic E-state index is 0.118. The van der Waals surface area contributed by atoms with Gasteiger partial charge in [0.05, 0.1) is 0 Å². The summed E-state index contributed by atoms with van der Waals surface area (Å²) in [6, 6.07) is 1.55. The molecule has 6 heteroatoms. The van der Waals surface area contributed by atoms with Crippen molar-refractivity contribution in [2.45, 2.75) is 0 Å². The van der Waals surface area contributed by atoms with Crippen LogP contribution in [-0.2, 0) is 0 Å². The van der Waals surface area contributed by atoms with Crippen molar-refractivity contribution < 1.29 is 5.21 Å². The van der Waals surface area contributed by atoms with Crippen molar-refractivity contribution in [1.82, 2.24) is 9.71 Å². The fraction of sp³-hybridized carbons (Fsp3) is 0.250. The van der Waals surface area contributed by atoms with Crippen LogP contribution in [0.4, 0.5) is 11.6 Å². The number of nitrogen functional groups attached to an aromatic ring is 1. The third-order valence-corrected chi connectivity index (χ3v) is 2.08. The van der Waals surface area contributed by atoms with Gasteiger partial charge in [-0.25, -0.2) is 0 Å². The average molecular weight is 193 g/mol. The van der Waals surface area contributed by atoms with E-state index < -0.39 is 0 Å². The number of nitrogens with two attached hydrogens (primary N) is 1. The van der Waals surface area contributed by atoms with Crippen molar-refractivity contribution in [2.24, 2.45) is 0 Å². The van der Waals surface area contributed by atoms with Gasteiger partial charge in [-0.1, -0.05) is 12.2 Å². The minimum Gasteiger partial charge on any atom is -0.423 e. The lowest BCUT2D eigenvalue weighted by atomic mass is 10.5. The zero-order valence-corrected chi connectivity index (χ0v) is 7.51. The predicted octanol–water partition coefficient (Wildman–Crippen LogP) is -0.442. The SMILES string of the molecule is N=c1nc(N2CC=CC2)cc(N)n1O. The van der Waals surface area contributed by atoms with Crippen LogP contribution in [0.3, 0.4) is 0 Å². The van der Waals surface area contributed by atoms with Crippen LogP contribution in [0.25, 0.3) is 0 Å². The number of hydrogen-bond donors (Lipinski definition) is 3. The summed E-state index contributed by atoms with van der Waals surface area (Å²) in [5, 5.41) is 16.5. The van der Waals surface area contributed by atoms with Crippen molar-refractivity contribution in [3.8, 4) is 0 Å². The van der Waals surface area contributed by atoms with E-state index in [1.165, 1.54) is 0 Å². The van der Waals surface area contributed by atoms with Gasteiger partial charge in [-0.3, -0.25) is 5.41 Å². The van der Waals surface area contributed by atoms with Gasteiger partial charge in [0, 0.05) is 19.2 Å². The molecule has 0 saturated carbocycles. The molecule has 0 radical (unpaired) electrons. The van der Waals surface area contributed by atoms with Gasteiger partial charge in [-0.2, -0.15) is 4.98 Å². The van der Waals surface area contributed by atoms with Crippen LogP contribution in [0.5, 0.6) is 0 Å².